The lowest BCUT2D eigenvalue weighted by atomic mass is 10.1. The molecule has 0 bridgehead atoms. The normalized spacial score (nSPS) is 11.6. The van der Waals surface area contributed by atoms with Gasteiger partial charge < -0.3 is 10.7 Å². The Kier molecular flexibility index (Phi) is 30.2. The molecular weight excluding hydrogens is 640 g/mol. The van der Waals surface area contributed by atoms with Crippen LogP contribution >= 0.6 is 0 Å². The molecular formula is C33H62N6O10. The molecule has 49 heavy (non-hydrogen) atoms. The number of imidazole rings is 1. The first kappa shape index (κ1) is 43.1. The highest BCUT2D eigenvalue weighted by molar-refractivity contribution is 5.81. The summed E-state index contributed by atoms with van der Waals surface area (Å²) >= 11 is 0. The number of nitrogens with two attached hydrogens (primary N) is 1. The topological polar surface area (TPSA) is 185 Å². The molecule has 0 fully saturated rings. The molecule has 2 rings (SSSR count). The van der Waals surface area contributed by atoms with Crippen LogP contribution < -0.4 is 11.2 Å². The number of H-pyrrole nitrogens is 1. The van der Waals surface area contributed by atoms with Gasteiger partial charge >= 0.3 is 0 Å². The van der Waals surface area contributed by atoms with Gasteiger partial charge in [-0.1, -0.05) is 133 Å². The number of nitrogens with one attached hydrogen (secondary N) is 2. The molecule has 0 aliphatic rings. The van der Waals surface area contributed by atoms with Crippen LogP contribution in [0.2, 0.25) is 0 Å². The van der Waals surface area contributed by atoms with E-state index in [1.165, 1.54) is 122 Å². The van der Waals surface area contributed by atoms with Crippen molar-refractivity contribution < 1.29 is 49.9 Å². The highest BCUT2D eigenvalue weighted by Gasteiger charge is 2.06. The van der Waals surface area contributed by atoms with E-state index < -0.39 is 0 Å². The summed E-state index contributed by atoms with van der Waals surface area (Å²) in [6.07, 6.45) is 31.7. The summed E-state index contributed by atoms with van der Waals surface area (Å²) in [5.41, 5.74) is 8.98. The van der Waals surface area contributed by atoms with Crippen LogP contribution in [0.15, 0.2) is 12.7 Å². The number of rotatable bonds is 39. The Hall–Kier alpha value is -2.09. The fraction of sp³-hybridized carbons (Fsp3) is 0.848. The van der Waals surface area contributed by atoms with Gasteiger partial charge in [-0.25, -0.2) is 35.1 Å². The van der Waals surface area contributed by atoms with Crippen molar-refractivity contribution in [2.75, 3.05) is 31.8 Å². The average molecular weight is 703 g/mol. The zero-order valence-corrected chi connectivity index (χ0v) is 29.5. The summed E-state index contributed by atoms with van der Waals surface area (Å²) in [5, 5.41) is 26.6. The molecule has 0 aliphatic heterocycles. The largest absolute Gasteiger partial charge is 0.340 e. The summed E-state index contributed by atoms with van der Waals surface area (Å²) in [4.78, 5) is 34.2. The third-order valence-electron chi connectivity index (χ3n) is 8.04. The second kappa shape index (κ2) is 34.4. The number of hydrogen-bond donors (Lipinski definition) is 3. The lowest BCUT2D eigenvalue weighted by Gasteiger charge is -2.05. The molecule has 2 heterocycles. The summed E-state index contributed by atoms with van der Waals surface area (Å²) in [7, 11) is 0. The van der Waals surface area contributed by atoms with Gasteiger partial charge in [0.25, 0.3) is 0 Å². The summed E-state index contributed by atoms with van der Waals surface area (Å²) in [5.74, 6) is 0.327. The van der Waals surface area contributed by atoms with E-state index >= 15 is 0 Å². The second-order valence-electron chi connectivity index (χ2n) is 12.2. The Bertz CT molecular complexity index is 964. The Labute approximate surface area is 291 Å². The lowest BCUT2D eigenvalue weighted by Crippen LogP contribution is -2.07. The minimum Gasteiger partial charge on any atom is -0.340 e. The molecule has 16 heteroatoms. The second-order valence-corrected chi connectivity index (χ2v) is 12.2. The van der Waals surface area contributed by atoms with Crippen molar-refractivity contribution >= 4 is 17.0 Å². The zero-order valence-electron chi connectivity index (χ0n) is 29.5. The zero-order chi connectivity index (χ0) is 34.6. The van der Waals surface area contributed by atoms with Crippen molar-refractivity contribution in [3.05, 3.63) is 12.7 Å². The molecule has 2 aromatic rings. The summed E-state index contributed by atoms with van der Waals surface area (Å²) in [6, 6.07) is 0. The molecule has 0 saturated carbocycles. The van der Waals surface area contributed by atoms with Crippen molar-refractivity contribution in [3.63, 3.8) is 0 Å². The van der Waals surface area contributed by atoms with Crippen LogP contribution in [0.25, 0.3) is 11.2 Å². The molecule has 0 spiro atoms. The SMILES string of the molecule is NCCCCCCCCCCCCCCOOOOOCCCCCCCCCCCCCCOOOOONc1ncnc2nc[nH]c12. The predicted molar refractivity (Wildman–Crippen MR) is 181 cm³/mol. The van der Waals surface area contributed by atoms with Gasteiger partial charge in [-0.2, -0.15) is 0 Å². The van der Waals surface area contributed by atoms with Gasteiger partial charge in [0.15, 0.2) is 11.5 Å². The van der Waals surface area contributed by atoms with Gasteiger partial charge in [-0.15, -0.1) is 0 Å². The maximum atomic E-state index is 5.52. The molecule has 4 N–H and O–H groups in total. The fourth-order valence-corrected chi connectivity index (χ4v) is 5.26. The first-order valence-corrected chi connectivity index (χ1v) is 18.5. The van der Waals surface area contributed by atoms with Crippen LogP contribution in [0, 0.1) is 0 Å². The molecule has 0 atom stereocenters. The van der Waals surface area contributed by atoms with Gasteiger partial charge in [-0.3, -0.25) is 0 Å². The number of nitrogens with zero attached hydrogens (tertiary/aromatic N) is 3. The van der Waals surface area contributed by atoms with E-state index in [0.29, 0.717) is 36.8 Å². The van der Waals surface area contributed by atoms with Crippen LogP contribution in [0.1, 0.15) is 154 Å². The third-order valence-corrected chi connectivity index (χ3v) is 8.04. The highest BCUT2D eigenvalue weighted by Crippen LogP contribution is 2.15. The standard InChI is InChI=1S/C33H62N6O10/c34-25-21-17-13-9-5-1-2-6-10-14-18-22-26-40-44-48-45-41-27-23-19-15-11-7-3-4-8-12-16-20-24-28-42-46-49-47-43-39-33-31-32(36-29-35-31)37-30-38-33/h29-30H,1-28,34H2,(H2,35,36,37,38,39). The highest BCUT2D eigenvalue weighted by atomic mass is 17.8. The number of unbranched alkanes of at least 4 members (excludes halogenated alkanes) is 22. The quantitative estimate of drug-likeness (QED) is 0.0342. The first-order valence-electron chi connectivity index (χ1n) is 18.5. The van der Waals surface area contributed by atoms with E-state index in [4.69, 9.17) is 20.4 Å². The maximum Gasteiger partial charge on any atom is 0.182 e. The van der Waals surface area contributed by atoms with Gasteiger partial charge in [0.1, 0.15) is 11.8 Å². The van der Waals surface area contributed by atoms with E-state index in [0.717, 1.165) is 51.5 Å². The Morgan fingerprint density at radius 3 is 1.33 bits per heavy atom. The fourth-order valence-electron chi connectivity index (χ4n) is 5.26. The predicted octanol–water partition coefficient (Wildman–Crippen LogP) is 8.49. The van der Waals surface area contributed by atoms with Crippen LogP contribution in [-0.2, 0) is 49.9 Å². The van der Waals surface area contributed by atoms with Crippen LogP contribution in [0.4, 0.5) is 5.82 Å². The van der Waals surface area contributed by atoms with E-state index in [2.05, 4.69) is 60.6 Å². The lowest BCUT2D eigenvalue weighted by molar-refractivity contribution is -0.708. The molecule has 0 amide bonds. The molecule has 16 nitrogen and oxygen atoms in total. The Morgan fingerprint density at radius 2 is 0.878 bits per heavy atom. The van der Waals surface area contributed by atoms with E-state index in [9.17, 15) is 0 Å². The average Bonchev–Trinajstić information content (AvgIpc) is 3.61. The number of aromatic amines is 1. The van der Waals surface area contributed by atoms with Gasteiger partial charge in [0.05, 0.1) is 26.1 Å². The Balaban J connectivity index is 1.14. The summed E-state index contributed by atoms with van der Waals surface area (Å²) in [6.45, 7) is 2.16. The smallest absolute Gasteiger partial charge is 0.182 e. The van der Waals surface area contributed by atoms with E-state index in [-0.39, 0.29) is 0 Å². The Morgan fingerprint density at radius 1 is 0.469 bits per heavy atom. The van der Waals surface area contributed by atoms with Crippen LogP contribution in [-0.4, -0.2) is 46.3 Å². The van der Waals surface area contributed by atoms with E-state index in [1.54, 1.807) is 0 Å². The van der Waals surface area contributed by atoms with Crippen LogP contribution in [0.5, 0.6) is 0 Å². The number of fused-ring (bicyclic) bond motifs is 1. The van der Waals surface area contributed by atoms with Gasteiger partial charge in [-0.05, 0) is 62.5 Å². The minimum absolute atomic E-state index is 0.327. The number of aromatic nitrogens is 4. The van der Waals surface area contributed by atoms with Crippen molar-refractivity contribution in [1.82, 2.24) is 19.9 Å². The van der Waals surface area contributed by atoms with Crippen molar-refractivity contribution in [2.24, 2.45) is 5.73 Å². The van der Waals surface area contributed by atoms with Gasteiger partial charge in [0.2, 0.25) is 0 Å². The molecule has 2 aromatic heterocycles. The molecule has 0 saturated heterocycles. The van der Waals surface area contributed by atoms with Gasteiger partial charge in [0, 0.05) is 0 Å². The maximum absolute atomic E-state index is 5.52. The number of anilines is 1. The molecule has 0 radical (unpaired) electrons. The number of hydrogen-bond acceptors (Lipinski definition) is 15. The molecule has 0 aliphatic carbocycles. The monoisotopic (exact) mass is 702 g/mol. The molecule has 284 valence electrons. The third kappa shape index (κ3) is 26.4. The van der Waals surface area contributed by atoms with E-state index in [1.807, 2.05) is 0 Å². The van der Waals surface area contributed by atoms with Crippen molar-refractivity contribution in [3.8, 4) is 0 Å². The first-order chi connectivity index (χ1) is 24.4. The molecule has 0 unspecified atom stereocenters. The van der Waals surface area contributed by atoms with Crippen molar-refractivity contribution in [1.29, 1.82) is 0 Å². The van der Waals surface area contributed by atoms with Crippen molar-refractivity contribution in [2.45, 2.75) is 154 Å². The molecule has 0 aromatic carbocycles. The minimum atomic E-state index is 0.327. The summed E-state index contributed by atoms with van der Waals surface area (Å²) < 4.78 is 0. The van der Waals surface area contributed by atoms with Crippen LogP contribution in [0.3, 0.4) is 0 Å².